The van der Waals surface area contributed by atoms with Crippen LogP contribution in [0, 0.1) is 28.1 Å². The Bertz CT molecular complexity index is 1270. The van der Waals surface area contributed by atoms with E-state index in [9.17, 15) is 15.2 Å². The van der Waals surface area contributed by atoms with E-state index >= 15 is 0 Å². The fraction of sp³-hybridized carbons (Fsp3) is 0.562. The van der Waals surface area contributed by atoms with E-state index in [4.69, 9.17) is 16.3 Å². The van der Waals surface area contributed by atoms with Crippen molar-refractivity contribution < 1.29 is 14.6 Å². The van der Waals surface area contributed by atoms with Gasteiger partial charge in [-0.25, -0.2) is 5.01 Å². The van der Waals surface area contributed by atoms with Crippen LogP contribution in [0.4, 0.5) is 0 Å². The van der Waals surface area contributed by atoms with E-state index in [0.717, 1.165) is 39.0 Å². The summed E-state index contributed by atoms with van der Waals surface area (Å²) < 4.78 is 6.57. The Morgan fingerprint density at radius 1 is 1.12 bits per heavy atom. The lowest BCUT2D eigenvalue weighted by Crippen LogP contribution is -2.75. The molecule has 0 spiro atoms. The van der Waals surface area contributed by atoms with Crippen molar-refractivity contribution in [2.24, 2.45) is 16.7 Å². The molecule has 1 atom stereocenters. The molecule has 5 rings (SSSR count). The molecule has 1 unspecified atom stereocenters. The number of piperidine rings is 1. The maximum Gasteiger partial charge on any atom is 0.265 e. The summed E-state index contributed by atoms with van der Waals surface area (Å²) >= 11 is 6.31. The minimum Gasteiger partial charge on any atom is -0.489 e. The highest BCUT2D eigenvalue weighted by Gasteiger charge is 2.66. The van der Waals surface area contributed by atoms with Gasteiger partial charge in [-0.15, -0.1) is 0 Å². The van der Waals surface area contributed by atoms with E-state index in [1.807, 2.05) is 30.3 Å². The van der Waals surface area contributed by atoms with Gasteiger partial charge in [-0.3, -0.25) is 15.1 Å². The van der Waals surface area contributed by atoms with Crippen LogP contribution in [0.15, 0.2) is 48.5 Å². The molecule has 0 bridgehead atoms. The number of nitrogens with one attached hydrogen (secondary N) is 2. The van der Waals surface area contributed by atoms with Crippen LogP contribution in [0.25, 0.3) is 0 Å². The average molecular weight is 580 g/mol. The van der Waals surface area contributed by atoms with Crippen LogP contribution < -0.4 is 15.5 Å². The van der Waals surface area contributed by atoms with E-state index in [1.165, 1.54) is 0 Å². The summed E-state index contributed by atoms with van der Waals surface area (Å²) in [6.45, 7) is 13.4. The number of piperazine rings is 1. The number of hydrogen-bond acceptors (Lipinski definition) is 7. The Morgan fingerprint density at radius 3 is 2.44 bits per heavy atom. The number of nitriles is 1. The predicted molar refractivity (Wildman–Crippen MR) is 160 cm³/mol. The van der Waals surface area contributed by atoms with Gasteiger partial charge in [0, 0.05) is 54.7 Å². The van der Waals surface area contributed by atoms with Crippen LogP contribution >= 0.6 is 11.6 Å². The number of nitrogens with zero attached hydrogens (tertiary/aromatic N) is 3. The number of aliphatic hydroxyl groups is 1. The molecule has 2 aromatic rings. The van der Waals surface area contributed by atoms with Crippen molar-refractivity contribution in [2.45, 2.75) is 58.3 Å². The van der Waals surface area contributed by atoms with Crippen molar-refractivity contribution in [1.82, 2.24) is 20.7 Å². The van der Waals surface area contributed by atoms with Crippen molar-refractivity contribution in [3.63, 3.8) is 0 Å². The first-order valence-corrected chi connectivity index (χ1v) is 15.0. The van der Waals surface area contributed by atoms with Gasteiger partial charge in [-0.2, -0.15) is 5.26 Å². The zero-order valence-electron chi connectivity index (χ0n) is 24.5. The molecule has 2 heterocycles. The topological polar surface area (TPSA) is 101 Å². The fourth-order valence-corrected chi connectivity index (χ4v) is 8.14. The summed E-state index contributed by atoms with van der Waals surface area (Å²) in [5.74, 6) is 0.706. The molecule has 1 aliphatic carbocycles. The lowest BCUT2D eigenvalue weighted by Gasteiger charge is -2.67. The standard InChI is InChI=1S/C32H42ClN5O3/c1-30(2)27(31(3,4)29(30)41-24-11-10-23(19-34)25(33)18-24)26-20-37(21-32(40)12-14-35-15-13-32)16-17-38(26)36-28(39)22-8-6-5-7-9-22/h5-11,18,26-27,29,35,40H,12-17,20-21H2,1-4H3,(H,36,39). The molecule has 3 N–H and O–H groups in total. The first kappa shape index (κ1) is 29.8. The van der Waals surface area contributed by atoms with Gasteiger partial charge in [-0.05, 0) is 56.1 Å². The molecule has 3 aliphatic rings. The van der Waals surface area contributed by atoms with E-state index in [0.29, 0.717) is 35.0 Å². The molecule has 220 valence electrons. The van der Waals surface area contributed by atoms with Crippen LogP contribution in [0.3, 0.4) is 0 Å². The Labute approximate surface area is 248 Å². The van der Waals surface area contributed by atoms with E-state index in [2.05, 4.69) is 54.4 Å². The molecule has 1 saturated carbocycles. The Hall–Kier alpha value is -2.67. The van der Waals surface area contributed by atoms with Gasteiger partial charge in [-0.1, -0.05) is 57.5 Å². The molecule has 2 saturated heterocycles. The van der Waals surface area contributed by atoms with Crippen molar-refractivity contribution >= 4 is 17.5 Å². The third-order valence-electron chi connectivity index (χ3n) is 9.49. The third-order valence-corrected chi connectivity index (χ3v) is 9.80. The number of carbonyl (C=O) groups excluding carboxylic acids is 1. The number of rotatable bonds is 7. The molecular weight excluding hydrogens is 538 g/mol. The van der Waals surface area contributed by atoms with Crippen molar-refractivity contribution in [3.05, 3.63) is 64.7 Å². The number of carbonyl (C=O) groups is 1. The molecule has 9 heteroatoms. The zero-order chi connectivity index (χ0) is 29.4. The van der Waals surface area contributed by atoms with Gasteiger partial charge < -0.3 is 15.2 Å². The van der Waals surface area contributed by atoms with Gasteiger partial charge in [0.25, 0.3) is 5.91 Å². The van der Waals surface area contributed by atoms with Crippen molar-refractivity contribution in [3.8, 4) is 11.8 Å². The van der Waals surface area contributed by atoms with Crippen molar-refractivity contribution in [1.29, 1.82) is 5.26 Å². The second kappa shape index (κ2) is 11.5. The first-order valence-electron chi connectivity index (χ1n) is 14.6. The average Bonchev–Trinajstić information content (AvgIpc) is 2.93. The summed E-state index contributed by atoms with van der Waals surface area (Å²) in [7, 11) is 0. The van der Waals surface area contributed by atoms with Gasteiger partial charge in [0.05, 0.1) is 16.2 Å². The summed E-state index contributed by atoms with van der Waals surface area (Å²) in [6, 6.07) is 16.6. The number of hydrogen-bond donors (Lipinski definition) is 3. The summed E-state index contributed by atoms with van der Waals surface area (Å²) in [4.78, 5) is 15.7. The molecule has 0 radical (unpaired) electrons. The largest absolute Gasteiger partial charge is 0.489 e. The summed E-state index contributed by atoms with van der Waals surface area (Å²) in [5.41, 5.74) is 3.11. The molecule has 2 aliphatic heterocycles. The maximum atomic E-state index is 13.3. The molecule has 0 aromatic heterocycles. The maximum absolute atomic E-state index is 13.3. The third kappa shape index (κ3) is 5.97. The number of amides is 1. The first-order chi connectivity index (χ1) is 19.4. The highest BCUT2D eigenvalue weighted by atomic mass is 35.5. The summed E-state index contributed by atoms with van der Waals surface area (Å²) in [5, 5.41) is 26.5. The van der Waals surface area contributed by atoms with Gasteiger partial charge in [0.15, 0.2) is 0 Å². The van der Waals surface area contributed by atoms with Crippen LogP contribution in [-0.4, -0.2) is 77.9 Å². The molecule has 3 fully saturated rings. The number of hydrazine groups is 1. The number of ether oxygens (including phenoxy) is 1. The van der Waals surface area contributed by atoms with Crippen LogP contribution in [0.1, 0.15) is 56.5 Å². The predicted octanol–water partition coefficient (Wildman–Crippen LogP) is 4.09. The zero-order valence-corrected chi connectivity index (χ0v) is 25.2. The molecule has 41 heavy (non-hydrogen) atoms. The lowest BCUT2D eigenvalue weighted by atomic mass is 9.43. The van der Waals surface area contributed by atoms with Crippen LogP contribution in [-0.2, 0) is 0 Å². The van der Waals surface area contributed by atoms with E-state index < -0.39 is 5.60 Å². The lowest BCUT2D eigenvalue weighted by molar-refractivity contribution is -0.232. The number of β-amino-alcohol motifs (C(OH)–C–C–N with tert-alkyl or cyclic N) is 1. The minimum absolute atomic E-state index is 0.0103. The Morgan fingerprint density at radius 2 is 1.80 bits per heavy atom. The highest BCUT2D eigenvalue weighted by molar-refractivity contribution is 6.31. The molecular formula is C32H42ClN5O3. The Kier molecular flexibility index (Phi) is 8.39. The fourth-order valence-electron chi connectivity index (χ4n) is 7.93. The van der Waals surface area contributed by atoms with Crippen LogP contribution in [0.2, 0.25) is 5.02 Å². The van der Waals surface area contributed by atoms with Gasteiger partial charge in [0.2, 0.25) is 0 Å². The molecule has 1 amide bonds. The quantitative estimate of drug-likeness (QED) is 0.454. The van der Waals surface area contributed by atoms with E-state index in [-0.39, 0.29) is 34.8 Å². The molecule has 8 nitrogen and oxygen atoms in total. The SMILES string of the molecule is CC1(C)C(Oc2ccc(C#N)c(Cl)c2)C(C)(C)C1C1CN(CC2(O)CCNCC2)CCN1NC(=O)c1ccccc1. The number of benzene rings is 2. The van der Waals surface area contributed by atoms with Gasteiger partial charge in [0.1, 0.15) is 17.9 Å². The monoisotopic (exact) mass is 579 g/mol. The second-order valence-electron chi connectivity index (χ2n) is 13.1. The van der Waals surface area contributed by atoms with Crippen LogP contribution in [0.5, 0.6) is 5.75 Å². The minimum atomic E-state index is -0.698. The molecule has 2 aromatic carbocycles. The van der Waals surface area contributed by atoms with E-state index in [1.54, 1.807) is 18.2 Å². The highest BCUT2D eigenvalue weighted by Crippen LogP contribution is 2.62. The second-order valence-corrected chi connectivity index (χ2v) is 13.6. The van der Waals surface area contributed by atoms with Crippen molar-refractivity contribution in [2.75, 3.05) is 39.3 Å². The summed E-state index contributed by atoms with van der Waals surface area (Å²) in [6.07, 6.45) is 1.37. The normalized spacial score (nSPS) is 27.3. The Balaban J connectivity index is 1.39. The van der Waals surface area contributed by atoms with Gasteiger partial charge >= 0.3 is 0 Å². The number of halogens is 1. The smallest absolute Gasteiger partial charge is 0.265 e.